The van der Waals surface area contributed by atoms with E-state index in [2.05, 4.69) is 40.9 Å². The van der Waals surface area contributed by atoms with Crippen molar-refractivity contribution in [2.75, 3.05) is 0 Å². The van der Waals surface area contributed by atoms with Crippen molar-refractivity contribution in [3.05, 3.63) is 74.7 Å². The largest absolute Gasteiger partial charge is 0.505 e. The van der Waals surface area contributed by atoms with E-state index in [9.17, 15) is 77.0 Å². The molecule has 0 aliphatic carbocycles. The van der Waals surface area contributed by atoms with Crippen molar-refractivity contribution >= 4 is 91.1 Å². The number of non-ortho nitro benzene ring substituents is 1. The maximum absolute atomic E-state index is 12.4. The molecular formula is C26H19N9O17S4. The van der Waals surface area contributed by atoms with Crippen LogP contribution >= 0.6 is 0 Å². The molecule has 1 aromatic heterocycles. The van der Waals surface area contributed by atoms with E-state index >= 15 is 0 Å². The summed E-state index contributed by atoms with van der Waals surface area (Å²) in [6.45, 7) is 1.46. The van der Waals surface area contributed by atoms with E-state index in [4.69, 9.17) is 0 Å². The van der Waals surface area contributed by atoms with Gasteiger partial charge in [0.1, 0.15) is 42.3 Å². The van der Waals surface area contributed by atoms with Crippen LogP contribution in [0.2, 0.25) is 0 Å². The smallest absolute Gasteiger partial charge is 0.297 e. The van der Waals surface area contributed by atoms with Crippen molar-refractivity contribution in [2.24, 2.45) is 30.7 Å². The van der Waals surface area contributed by atoms with Gasteiger partial charge < -0.3 is 15.3 Å². The predicted molar refractivity (Wildman–Crippen MR) is 185 cm³/mol. The Balaban J connectivity index is 1.73. The summed E-state index contributed by atoms with van der Waals surface area (Å²) in [5, 5.41) is 57.7. The quantitative estimate of drug-likeness (QED) is 0.0385. The van der Waals surface area contributed by atoms with Crippen LogP contribution < -0.4 is 5.56 Å². The molecule has 0 amide bonds. The number of aromatic amines is 2. The number of rotatable bonds is 11. The van der Waals surface area contributed by atoms with Crippen molar-refractivity contribution in [3.63, 3.8) is 0 Å². The van der Waals surface area contributed by atoms with Crippen LogP contribution in [0.3, 0.4) is 0 Å². The number of hydrogen-bond acceptors (Lipinski definition) is 19. The van der Waals surface area contributed by atoms with Gasteiger partial charge in [-0.3, -0.25) is 38.2 Å². The predicted octanol–water partition coefficient (Wildman–Crippen LogP) is 4.72. The number of nitrogens with one attached hydrogen (secondary N) is 2. The van der Waals surface area contributed by atoms with Gasteiger partial charge in [-0.1, -0.05) is 0 Å². The molecule has 0 unspecified atom stereocenters. The Morgan fingerprint density at radius 2 is 1.04 bits per heavy atom. The third-order valence-corrected chi connectivity index (χ3v) is 10.7. The Morgan fingerprint density at radius 3 is 1.46 bits per heavy atom. The standard InChI is InChI=1S/C26H19N9O17S4/c1-10-21(26(38)34-27-10)31-28-12-2-4-14(16(8-12)53(41,42)43)29-32-22-18(55(47,48)49)6-11-7-19(56(50,51)52)23(25(37)20(11)24(22)36)33-30-15-5-3-13(35(39)40)9-17(15)54(44,45)46/h2-9,36-37H,1H3,(H2,27,34,38)(H,41,42,43)(H,44,45,46)(H,47,48,49)(H,50,51,52). The van der Waals surface area contributed by atoms with Crippen molar-refractivity contribution in [2.45, 2.75) is 26.5 Å². The normalized spacial score (nSPS) is 13.1. The molecule has 0 bridgehead atoms. The Labute approximate surface area is 310 Å². The molecule has 0 aliphatic heterocycles. The Hall–Kier alpha value is -6.41. The van der Waals surface area contributed by atoms with E-state index in [-0.39, 0.29) is 17.1 Å². The lowest BCUT2D eigenvalue weighted by Crippen LogP contribution is -2.02. The zero-order chi connectivity index (χ0) is 41.7. The lowest BCUT2D eigenvalue weighted by atomic mass is 10.1. The molecule has 56 heavy (non-hydrogen) atoms. The fourth-order valence-electron chi connectivity index (χ4n) is 4.68. The molecule has 0 atom stereocenters. The molecular weight excluding hydrogens is 839 g/mol. The summed E-state index contributed by atoms with van der Waals surface area (Å²) in [6.07, 6.45) is 0. The molecule has 26 nitrogen and oxygen atoms in total. The number of nitro groups is 1. The second-order valence-electron chi connectivity index (χ2n) is 10.9. The number of benzene rings is 4. The first-order chi connectivity index (χ1) is 25.8. The third-order valence-electron chi connectivity index (χ3n) is 7.17. The van der Waals surface area contributed by atoms with Crippen molar-refractivity contribution in [3.8, 4) is 11.5 Å². The number of H-pyrrole nitrogens is 2. The molecule has 30 heteroatoms. The molecule has 0 saturated carbocycles. The molecule has 8 N–H and O–H groups in total. The van der Waals surface area contributed by atoms with Crippen LogP contribution in [-0.2, 0) is 40.5 Å². The minimum atomic E-state index is -5.49. The van der Waals surface area contributed by atoms with Gasteiger partial charge in [-0.15, -0.1) is 25.6 Å². The highest BCUT2D eigenvalue weighted by atomic mass is 32.2. The van der Waals surface area contributed by atoms with Gasteiger partial charge in [0.2, 0.25) is 0 Å². The minimum Gasteiger partial charge on any atom is -0.505 e. The first kappa shape index (κ1) is 40.8. The Kier molecular flexibility index (Phi) is 10.4. The van der Waals surface area contributed by atoms with Crippen LogP contribution in [0.15, 0.2) is 104 Å². The van der Waals surface area contributed by atoms with Gasteiger partial charge in [-0.2, -0.15) is 38.8 Å². The molecule has 0 saturated heterocycles. The van der Waals surface area contributed by atoms with Crippen LogP contribution in [0.25, 0.3) is 10.8 Å². The number of fused-ring (bicyclic) bond motifs is 1. The van der Waals surface area contributed by atoms with Crippen LogP contribution in [0.5, 0.6) is 11.5 Å². The summed E-state index contributed by atoms with van der Waals surface area (Å²) in [6, 6.07) is 5.12. The lowest BCUT2D eigenvalue weighted by Gasteiger charge is -2.13. The SMILES string of the molecule is Cc1[nH][nH]c(=O)c1N=Nc1ccc(N=Nc2c(S(=O)(=O)O)cc3cc(S(=O)(=O)O)c(N=Nc4ccc([N+](=O)[O-])cc4S(=O)(=O)O)c(O)c3c2O)c(S(=O)(=O)O)c1. The maximum atomic E-state index is 12.4. The zero-order valence-electron chi connectivity index (χ0n) is 27.1. The van der Waals surface area contributed by atoms with E-state index in [1.165, 1.54) is 6.92 Å². The summed E-state index contributed by atoms with van der Waals surface area (Å²) in [4.78, 5) is 16.9. The van der Waals surface area contributed by atoms with Gasteiger partial charge in [0.05, 0.1) is 21.7 Å². The third kappa shape index (κ3) is 8.30. The molecule has 1 heterocycles. The molecule has 4 aromatic carbocycles. The van der Waals surface area contributed by atoms with Crippen LogP contribution in [0, 0.1) is 17.0 Å². The van der Waals surface area contributed by atoms with E-state index in [0.29, 0.717) is 36.4 Å². The highest BCUT2D eigenvalue weighted by Gasteiger charge is 2.30. The number of hydrogen-bond donors (Lipinski definition) is 8. The fourth-order valence-corrected chi connectivity index (χ4v) is 7.28. The van der Waals surface area contributed by atoms with E-state index < -0.39 is 121 Å². The number of aromatic nitrogens is 2. The highest BCUT2D eigenvalue weighted by Crippen LogP contribution is 2.50. The number of phenolic OH excluding ortho intramolecular Hbond substituents is 2. The second-order valence-corrected chi connectivity index (χ2v) is 16.4. The van der Waals surface area contributed by atoms with Crippen molar-refractivity contribution < 1.29 is 67.0 Å². The van der Waals surface area contributed by atoms with Crippen molar-refractivity contribution in [1.82, 2.24) is 10.2 Å². The molecule has 294 valence electrons. The molecule has 0 fully saturated rings. The average Bonchev–Trinajstić information content (AvgIpc) is 3.40. The Morgan fingerprint density at radius 1 is 0.589 bits per heavy atom. The van der Waals surface area contributed by atoms with E-state index in [0.717, 1.165) is 12.1 Å². The number of azo groups is 3. The number of phenols is 2. The number of nitro benzene ring substituents is 1. The lowest BCUT2D eigenvalue weighted by molar-refractivity contribution is -0.385. The van der Waals surface area contributed by atoms with Crippen LogP contribution in [0.4, 0.5) is 39.8 Å². The molecule has 0 spiro atoms. The summed E-state index contributed by atoms with van der Waals surface area (Å²) < 4.78 is 137. The monoisotopic (exact) mass is 857 g/mol. The van der Waals surface area contributed by atoms with Crippen LogP contribution in [0.1, 0.15) is 5.69 Å². The highest BCUT2D eigenvalue weighted by molar-refractivity contribution is 7.86. The topological polar surface area (TPSA) is 424 Å². The minimum absolute atomic E-state index is 0.183. The fraction of sp³-hybridized carbons (Fsp3) is 0.0385. The molecule has 5 rings (SSSR count). The summed E-state index contributed by atoms with van der Waals surface area (Å²) >= 11 is 0. The summed E-state index contributed by atoms with van der Waals surface area (Å²) in [5.74, 6) is -2.88. The maximum Gasteiger partial charge on any atom is 0.297 e. The molecule has 0 radical (unpaired) electrons. The van der Waals surface area contributed by atoms with Gasteiger partial charge in [0, 0.05) is 12.1 Å². The molecule has 5 aromatic rings. The van der Waals surface area contributed by atoms with Gasteiger partial charge in [-0.25, -0.2) is 0 Å². The zero-order valence-corrected chi connectivity index (χ0v) is 30.3. The Bertz CT molecular complexity index is 3120. The van der Waals surface area contributed by atoms with Gasteiger partial charge in [0.15, 0.2) is 17.2 Å². The van der Waals surface area contributed by atoms with E-state index in [1.54, 1.807) is 0 Å². The molecule has 0 aliphatic rings. The van der Waals surface area contributed by atoms with Gasteiger partial charge in [0.25, 0.3) is 51.7 Å². The van der Waals surface area contributed by atoms with Crippen LogP contribution in [-0.4, -0.2) is 77.2 Å². The number of aromatic hydroxyl groups is 2. The first-order valence-corrected chi connectivity index (χ1v) is 20.0. The number of aryl methyl sites for hydroxylation is 1. The summed E-state index contributed by atoms with van der Waals surface area (Å²) in [7, 11) is -21.4. The second kappa shape index (κ2) is 14.3. The average molecular weight is 858 g/mol. The van der Waals surface area contributed by atoms with Gasteiger partial charge >= 0.3 is 0 Å². The van der Waals surface area contributed by atoms with E-state index in [1.807, 2.05) is 0 Å². The van der Waals surface area contributed by atoms with Crippen molar-refractivity contribution in [1.29, 1.82) is 0 Å². The first-order valence-electron chi connectivity index (χ1n) is 14.2. The number of nitrogens with zero attached hydrogens (tertiary/aromatic N) is 7. The summed E-state index contributed by atoms with van der Waals surface area (Å²) in [5.41, 5.74) is -5.91. The van der Waals surface area contributed by atoms with Gasteiger partial charge in [-0.05, 0) is 48.7 Å².